The van der Waals surface area contributed by atoms with Crippen LogP contribution in [0, 0.1) is 0 Å². The average molecular weight is 298 g/mol. The van der Waals surface area contributed by atoms with Gasteiger partial charge in [0.2, 0.25) is 0 Å². The first-order valence-corrected chi connectivity index (χ1v) is 7.78. The molecule has 0 bridgehead atoms. The molecule has 1 aromatic carbocycles. The normalized spacial score (nSPS) is 15.1. The van der Waals surface area contributed by atoms with Gasteiger partial charge >= 0.3 is 6.03 Å². The van der Waals surface area contributed by atoms with E-state index >= 15 is 0 Å². The van der Waals surface area contributed by atoms with Gasteiger partial charge in [0.1, 0.15) is 5.75 Å². The van der Waals surface area contributed by atoms with E-state index in [9.17, 15) is 18.0 Å². The Morgan fingerprint density at radius 2 is 2.20 bits per heavy atom. The van der Waals surface area contributed by atoms with Crippen LogP contribution in [-0.2, 0) is 14.6 Å². The molecule has 0 atom stereocenters. The van der Waals surface area contributed by atoms with Crippen molar-refractivity contribution in [3.63, 3.8) is 0 Å². The summed E-state index contributed by atoms with van der Waals surface area (Å²) in [5.41, 5.74) is 0. The van der Waals surface area contributed by atoms with Crippen molar-refractivity contribution < 1.29 is 22.7 Å². The second-order valence-corrected chi connectivity index (χ2v) is 6.33. The van der Waals surface area contributed by atoms with Crippen molar-refractivity contribution in [2.75, 3.05) is 26.0 Å². The Kier molecular flexibility index (Phi) is 3.93. The summed E-state index contributed by atoms with van der Waals surface area (Å²) < 4.78 is 28.0. The first-order valence-electron chi connectivity index (χ1n) is 5.89. The fraction of sp³-hybridized carbons (Fsp3) is 0.333. The summed E-state index contributed by atoms with van der Waals surface area (Å²) >= 11 is 0. The van der Waals surface area contributed by atoms with E-state index in [2.05, 4.69) is 5.32 Å². The topological polar surface area (TPSA) is 92.8 Å². The van der Waals surface area contributed by atoms with Crippen molar-refractivity contribution in [2.24, 2.45) is 0 Å². The first kappa shape index (κ1) is 14.3. The van der Waals surface area contributed by atoms with Crippen molar-refractivity contribution in [1.82, 2.24) is 10.2 Å². The minimum absolute atomic E-state index is 0.112. The molecule has 1 fully saturated rings. The van der Waals surface area contributed by atoms with Crippen LogP contribution < -0.4 is 10.1 Å². The lowest BCUT2D eigenvalue weighted by Crippen LogP contribution is -2.37. The van der Waals surface area contributed by atoms with Crippen molar-refractivity contribution in [2.45, 2.75) is 4.90 Å². The van der Waals surface area contributed by atoms with Gasteiger partial charge in [-0.2, -0.15) is 0 Å². The third-order valence-corrected chi connectivity index (χ3v) is 3.86. The maximum atomic E-state index is 11.7. The molecule has 1 aromatic rings. The molecule has 3 amide bonds. The monoisotopic (exact) mass is 298 g/mol. The first-order chi connectivity index (χ1) is 9.38. The molecule has 0 radical (unpaired) electrons. The fourth-order valence-corrected chi connectivity index (χ4v) is 2.38. The van der Waals surface area contributed by atoms with E-state index in [0.29, 0.717) is 13.1 Å². The number of hydrogen-bond acceptors (Lipinski definition) is 5. The molecule has 20 heavy (non-hydrogen) atoms. The molecular weight excluding hydrogens is 284 g/mol. The van der Waals surface area contributed by atoms with E-state index in [-0.39, 0.29) is 17.3 Å². The van der Waals surface area contributed by atoms with E-state index in [4.69, 9.17) is 4.74 Å². The van der Waals surface area contributed by atoms with E-state index in [1.54, 1.807) is 6.07 Å². The molecule has 8 heteroatoms. The van der Waals surface area contributed by atoms with E-state index < -0.39 is 21.8 Å². The highest BCUT2D eigenvalue weighted by Gasteiger charge is 2.26. The third-order valence-electron chi connectivity index (χ3n) is 2.75. The number of nitrogens with one attached hydrogen (secondary N) is 1. The van der Waals surface area contributed by atoms with Crippen LogP contribution in [0.2, 0.25) is 0 Å². The molecule has 108 valence electrons. The maximum absolute atomic E-state index is 11.7. The van der Waals surface area contributed by atoms with Crippen LogP contribution >= 0.6 is 0 Å². The minimum Gasteiger partial charge on any atom is -0.484 e. The number of carbonyl (C=O) groups excluding carboxylic acids is 2. The number of benzene rings is 1. The second kappa shape index (κ2) is 5.49. The molecule has 1 saturated heterocycles. The highest BCUT2D eigenvalue weighted by Crippen LogP contribution is 2.17. The number of amides is 3. The number of imide groups is 1. The van der Waals surface area contributed by atoms with Gasteiger partial charge in [0.15, 0.2) is 16.4 Å². The zero-order valence-electron chi connectivity index (χ0n) is 10.8. The summed E-state index contributed by atoms with van der Waals surface area (Å²) in [6.45, 7) is 0.416. The highest BCUT2D eigenvalue weighted by atomic mass is 32.2. The molecule has 1 heterocycles. The number of rotatable bonds is 4. The van der Waals surface area contributed by atoms with Crippen LogP contribution in [0.3, 0.4) is 0 Å². The summed E-state index contributed by atoms with van der Waals surface area (Å²) in [5.74, 6) is -0.203. The molecule has 0 aromatic heterocycles. The van der Waals surface area contributed by atoms with Crippen LogP contribution in [0.4, 0.5) is 4.79 Å². The molecule has 1 aliphatic rings. The largest absolute Gasteiger partial charge is 0.484 e. The molecule has 0 aliphatic carbocycles. The number of urea groups is 1. The van der Waals surface area contributed by atoms with Gasteiger partial charge in [-0.3, -0.25) is 9.69 Å². The summed E-state index contributed by atoms with van der Waals surface area (Å²) in [4.78, 5) is 24.2. The van der Waals surface area contributed by atoms with Crippen molar-refractivity contribution in [3.8, 4) is 5.75 Å². The van der Waals surface area contributed by atoms with Gasteiger partial charge in [0, 0.05) is 19.3 Å². The number of hydrogen-bond donors (Lipinski definition) is 1. The number of nitrogens with zero attached hydrogens (tertiary/aromatic N) is 1. The Balaban J connectivity index is 2.01. The smallest absolute Gasteiger partial charge is 0.324 e. The van der Waals surface area contributed by atoms with Gasteiger partial charge < -0.3 is 10.1 Å². The van der Waals surface area contributed by atoms with Gasteiger partial charge in [-0.25, -0.2) is 13.2 Å². The summed E-state index contributed by atoms with van der Waals surface area (Å²) in [6, 6.07) is 5.42. The molecule has 1 N–H and O–H groups in total. The third kappa shape index (κ3) is 3.27. The Morgan fingerprint density at radius 3 is 2.80 bits per heavy atom. The standard InChI is InChI=1S/C12H14N2O5S/c1-20(17,18)10-4-2-3-9(7-10)19-8-11(15)14-6-5-13-12(14)16/h2-4,7H,5-6,8H2,1H3,(H,13,16). The van der Waals surface area contributed by atoms with Crippen LogP contribution in [0.5, 0.6) is 5.75 Å². The zero-order chi connectivity index (χ0) is 14.8. The molecule has 7 nitrogen and oxygen atoms in total. The molecular formula is C12H14N2O5S. The van der Waals surface area contributed by atoms with Crippen LogP contribution in [0.15, 0.2) is 29.2 Å². The maximum Gasteiger partial charge on any atom is 0.324 e. The molecule has 0 unspecified atom stereocenters. The van der Waals surface area contributed by atoms with Crippen LogP contribution in [0.1, 0.15) is 0 Å². The van der Waals surface area contributed by atoms with E-state index in [1.807, 2.05) is 0 Å². The summed E-state index contributed by atoms with van der Waals surface area (Å²) in [5, 5.41) is 2.51. The SMILES string of the molecule is CS(=O)(=O)c1cccc(OCC(=O)N2CCNC2=O)c1. The molecule has 0 spiro atoms. The lowest BCUT2D eigenvalue weighted by molar-refractivity contribution is -0.129. The van der Waals surface area contributed by atoms with Gasteiger partial charge in [-0.15, -0.1) is 0 Å². The summed E-state index contributed by atoms with van der Waals surface area (Å²) in [7, 11) is -3.33. The highest BCUT2D eigenvalue weighted by molar-refractivity contribution is 7.90. The Hall–Kier alpha value is -2.09. The number of sulfone groups is 1. The van der Waals surface area contributed by atoms with Crippen LogP contribution in [0.25, 0.3) is 0 Å². The van der Waals surface area contributed by atoms with Crippen molar-refractivity contribution >= 4 is 21.8 Å². The number of ether oxygens (including phenoxy) is 1. The predicted molar refractivity (Wildman–Crippen MR) is 70.2 cm³/mol. The molecule has 1 aliphatic heterocycles. The second-order valence-electron chi connectivity index (χ2n) is 4.31. The molecule has 2 rings (SSSR count). The van der Waals surface area contributed by atoms with E-state index in [0.717, 1.165) is 11.2 Å². The van der Waals surface area contributed by atoms with Gasteiger partial charge in [0.25, 0.3) is 5.91 Å². The quantitative estimate of drug-likeness (QED) is 0.846. The summed E-state index contributed by atoms with van der Waals surface area (Å²) in [6.07, 6.45) is 1.09. The number of carbonyl (C=O) groups is 2. The fourth-order valence-electron chi connectivity index (χ4n) is 1.73. The van der Waals surface area contributed by atoms with Crippen molar-refractivity contribution in [1.29, 1.82) is 0 Å². The van der Waals surface area contributed by atoms with Crippen LogP contribution in [-0.4, -0.2) is 51.2 Å². The zero-order valence-corrected chi connectivity index (χ0v) is 11.6. The average Bonchev–Trinajstić information content (AvgIpc) is 2.82. The Bertz CT molecular complexity index is 641. The minimum atomic E-state index is -3.33. The van der Waals surface area contributed by atoms with Crippen molar-refractivity contribution in [3.05, 3.63) is 24.3 Å². The van der Waals surface area contributed by atoms with Gasteiger partial charge in [0.05, 0.1) is 4.90 Å². The van der Waals surface area contributed by atoms with Gasteiger partial charge in [-0.05, 0) is 18.2 Å². The predicted octanol–water partition coefficient (Wildman–Crippen LogP) is 0.0207. The lowest BCUT2D eigenvalue weighted by Gasteiger charge is -2.13. The van der Waals surface area contributed by atoms with Gasteiger partial charge in [-0.1, -0.05) is 6.07 Å². The van der Waals surface area contributed by atoms with E-state index in [1.165, 1.54) is 18.2 Å². The Labute approximate surface area is 116 Å². The Morgan fingerprint density at radius 1 is 1.45 bits per heavy atom. The lowest BCUT2D eigenvalue weighted by atomic mass is 10.3. The molecule has 0 saturated carbocycles.